The minimum atomic E-state index is -1.54. The molecule has 3 aromatic carbocycles. The molecule has 2 aliphatic rings. The molecule has 206 valence electrons. The largest absolute Gasteiger partial charge is 0.457 e. The molecule has 0 spiro atoms. The molecule has 1 fully saturated rings. The van der Waals surface area contributed by atoms with E-state index in [9.17, 15) is 9.59 Å². The predicted octanol–water partition coefficient (Wildman–Crippen LogP) is 3.09. The van der Waals surface area contributed by atoms with Crippen molar-refractivity contribution in [1.82, 2.24) is 10.6 Å². The maximum absolute atomic E-state index is 14.1. The van der Waals surface area contributed by atoms with Gasteiger partial charge in [-0.05, 0) is 53.9 Å². The third kappa shape index (κ3) is 4.07. The third-order valence-corrected chi connectivity index (χ3v) is 9.15. The topological polar surface area (TPSA) is 155 Å². The summed E-state index contributed by atoms with van der Waals surface area (Å²) in [6.45, 7) is 3.11. The van der Waals surface area contributed by atoms with Crippen molar-refractivity contribution in [2.24, 2.45) is 11.5 Å². The second-order valence-corrected chi connectivity index (χ2v) is 11.3. The number of aryl methyl sites for hydroxylation is 1. The zero-order chi connectivity index (χ0) is 28.2. The summed E-state index contributed by atoms with van der Waals surface area (Å²) in [5.74, 6) is 0.614. The van der Waals surface area contributed by atoms with Gasteiger partial charge in [0.15, 0.2) is 5.78 Å². The number of hydrogen-bond acceptors (Lipinski definition) is 9. The van der Waals surface area contributed by atoms with Gasteiger partial charge >= 0.3 is 0 Å². The smallest absolute Gasteiger partial charge is 0.262 e. The lowest BCUT2D eigenvalue weighted by atomic mass is 9.69. The molecule has 40 heavy (non-hydrogen) atoms. The van der Waals surface area contributed by atoms with Crippen molar-refractivity contribution >= 4 is 38.8 Å². The minimum Gasteiger partial charge on any atom is -0.457 e. The van der Waals surface area contributed by atoms with E-state index in [1.165, 1.54) is 11.3 Å². The Morgan fingerprint density at radius 2 is 1.82 bits per heavy atom. The van der Waals surface area contributed by atoms with Crippen LogP contribution in [-0.2, 0) is 15.1 Å². The number of nitrogen functional groups attached to an aromatic ring is 1. The van der Waals surface area contributed by atoms with Gasteiger partial charge in [0.1, 0.15) is 17.0 Å². The second kappa shape index (κ2) is 9.99. The highest BCUT2D eigenvalue weighted by atomic mass is 32.1. The number of thiophene rings is 1. The number of rotatable bonds is 6. The van der Waals surface area contributed by atoms with Crippen LogP contribution in [-0.4, -0.2) is 44.0 Å². The van der Waals surface area contributed by atoms with Crippen LogP contribution >= 0.6 is 11.3 Å². The Morgan fingerprint density at radius 1 is 1.07 bits per heavy atom. The number of nitrogens with one attached hydrogen (secondary N) is 2. The lowest BCUT2D eigenvalue weighted by Crippen LogP contribution is -2.53. The van der Waals surface area contributed by atoms with E-state index in [4.69, 9.17) is 26.7 Å². The molecule has 4 atom stereocenters. The lowest BCUT2D eigenvalue weighted by Gasteiger charge is -2.37. The first kappa shape index (κ1) is 26.4. The zero-order valence-electron chi connectivity index (χ0n) is 22.2. The summed E-state index contributed by atoms with van der Waals surface area (Å²) in [5, 5.41) is 6.94. The molecule has 0 saturated carbocycles. The number of carbonyl (C=O) groups excluding carboxylic acids is 2. The molecule has 2 unspecified atom stereocenters. The van der Waals surface area contributed by atoms with Gasteiger partial charge in [0.25, 0.3) is 5.91 Å². The van der Waals surface area contributed by atoms with Crippen molar-refractivity contribution in [3.63, 3.8) is 0 Å². The van der Waals surface area contributed by atoms with Crippen LogP contribution in [0.4, 0.5) is 5.69 Å². The predicted molar refractivity (Wildman–Crippen MR) is 156 cm³/mol. The van der Waals surface area contributed by atoms with Gasteiger partial charge in [-0.2, -0.15) is 0 Å². The summed E-state index contributed by atoms with van der Waals surface area (Å²) in [4.78, 5) is 28.0. The molecule has 10 heteroatoms. The Morgan fingerprint density at radius 3 is 2.55 bits per heavy atom. The molecule has 1 amide bonds. The molecular weight excluding hydrogens is 526 g/mol. The first-order chi connectivity index (χ1) is 19.2. The molecular formula is C30H31N5O4S. The molecule has 0 bridgehead atoms. The van der Waals surface area contributed by atoms with Crippen molar-refractivity contribution < 1.29 is 19.1 Å². The van der Waals surface area contributed by atoms with E-state index >= 15 is 0 Å². The van der Waals surface area contributed by atoms with Crippen LogP contribution in [0.1, 0.15) is 38.0 Å². The van der Waals surface area contributed by atoms with Crippen molar-refractivity contribution in [3.05, 3.63) is 87.8 Å². The monoisotopic (exact) mass is 557 g/mol. The highest BCUT2D eigenvalue weighted by Gasteiger charge is 2.49. The molecule has 1 aromatic heterocycles. The van der Waals surface area contributed by atoms with E-state index in [1.807, 2.05) is 49.4 Å². The van der Waals surface area contributed by atoms with Crippen LogP contribution in [0.15, 0.2) is 60.7 Å². The summed E-state index contributed by atoms with van der Waals surface area (Å²) < 4.78 is 12.2. The number of anilines is 1. The first-order valence-electron chi connectivity index (χ1n) is 13.1. The molecule has 1 aliphatic heterocycles. The van der Waals surface area contributed by atoms with Gasteiger partial charge in [-0.15, -0.1) is 11.3 Å². The number of carbonyl (C=O) groups is 2. The van der Waals surface area contributed by atoms with E-state index in [1.54, 1.807) is 25.3 Å². The molecule has 1 aliphatic carbocycles. The van der Waals surface area contributed by atoms with E-state index in [2.05, 4.69) is 10.6 Å². The Balaban J connectivity index is 1.44. The molecule has 8 N–H and O–H groups in total. The highest BCUT2D eigenvalue weighted by molar-refractivity contribution is 7.21. The maximum Gasteiger partial charge on any atom is 0.262 e. The normalized spacial score (nSPS) is 23.9. The van der Waals surface area contributed by atoms with Gasteiger partial charge in [0.2, 0.25) is 0 Å². The lowest BCUT2D eigenvalue weighted by molar-refractivity contribution is -0.124. The summed E-state index contributed by atoms with van der Waals surface area (Å²) in [6.07, 6.45) is -0.154. The number of ether oxygens (including phenoxy) is 2. The molecule has 6 rings (SSSR count). The van der Waals surface area contributed by atoms with Crippen LogP contribution in [0.5, 0.6) is 11.5 Å². The number of ketones is 1. The third-order valence-electron chi connectivity index (χ3n) is 7.90. The van der Waals surface area contributed by atoms with Crippen LogP contribution in [0.3, 0.4) is 0 Å². The number of methoxy groups -OCH3 is 1. The van der Waals surface area contributed by atoms with Crippen LogP contribution in [0, 0.1) is 6.92 Å². The fourth-order valence-electron chi connectivity index (χ4n) is 5.87. The van der Waals surface area contributed by atoms with E-state index in [-0.39, 0.29) is 18.1 Å². The highest BCUT2D eigenvalue weighted by Crippen LogP contribution is 2.50. The molecule has 9 nitrogen and oxygen atoms in total. The Hall–Kier alpha value is -3.80. The second-order valence-electron chi connectivity index (χ2n) is 10.3. The molecule has 0 radical (unpaired) electrons. The Bertz CT molecular complexity index is 1640. The number of benzene rings is 3. The van der Waals surface area contributed by atoms with Crippen LogP contribution in [0.2, 0.25) is 0 Å². The number of hydrogen-bond donors (Lipinski definition) is 5. The van der Waals surface area contributed by atoms with E-state index in [0.717, 1.165) is 5.56 Å². The van der Waals surface area contributed by atoms with Gasteiger partial charge in [-0.3, -0.25) is 9.59 Å². The Kier molecular flexibility index (Phi) is 6.60. The van der Waals surface area contributed by atoms with Gasteiger partial charge in [0, 0.05) is 36.8 Å². The number of nitrogens with two attached hydrogens (primary N) is 3. The Labute approximate surface area is 235 Å². The average molecular weight is 558 g/mol. The summed E-state index contributed by atoms with van der Waals surface area (Å²) >= 11 is 1.23. The summed E-state index contributed by atoms with van der Waals surface area (Å²) in [6, 6.07) is 17.1. The van der Waals surface area contributed by atoms with E-state index < -0.39 is 17.4 Å². The number of Topliss-reactive ketones (excluding diaryl/α,β-unsaturated/α-hetero) is 1. The fourth-order valence-corrected chi connectivity index (χ4v) is 7.08. The fraction of sp³-hybridized carbons (Fsp3) is 0.267. The minimum absolute atomic E-state index is 0.154. The first-order valence-corrected chi connectivity index (χ1v) is 13.9. The molecule has 2 heterocycles. The van der Waals surface area contributed by atoms with Crippen molar-refractivity contribution in [1.29, 1.82) is 0 Å². The van der Waals surface area contributed by atoms with Gasteiger partial charge in [-0.1, -0.05) is 30.3 Å². The SMILES string of the molecule is CO[C@H]1CNC[C@@H]1NC(=O)c1sc2c(N)ccc3c2c1C(N)C(=O)C3(N)c1ccc(Oc2ccccc2)cc1C. The summed E-state index contributed by atoms with van der Waals surface area (Å²) in [5.41, 5.74) is 21.5. The van der Waals surface area contributed by atoms with Gasteiger partial charge in [-0.25, -0.2) is 0 Å². The van der Waals surface area contributed by atoms with Crippen LogP contribution < -0.4 is 32.6 Å². The van der Waals surface area contributed by atoms with Crippen molar-refractivity contribution in [3.8, 4) is 11.5 Å². The summed E-state index contributed by atoms with van der Waals surface area (Å²) in [7, 11) is 1.62. The molecule has 4 aromatic rings. The van der Waals surface area contributed by atoms with Gasteiger partial charge < -0.3 is 37.3 Å². The van der Waals surface area contributed by atoms with Crippen LogP contribution in [0.25, 0.3) is 10.1 Å². The maximum atomic E-state index is 14.1. The van der Waals surface area contributed by atoms with Crippen molar-refractivity contribution in [2.75, 3.05) is 25.9 Å². The zero-order valence-corrected chi connectivity index (χ0v) is 23.0. The quantitative estimate of drug-likeness (QED) is 0.227. The molecule has 1 saturated heterocycles. The van der Waals surface area contributed by atoms with E-state index in [0.29, 0.717) is 61.9 Å². The number of amides is 1. The number of para-hydroxylation sites is 1. The van der Waals surface area contributed by atoms with Gasteiger partial charge in [0.05, 0.1) is 27.8 Å². The van der Waals surface area contributed by atoms with Crippen molar-refractivity contribution in [2.45, 2.75) is 30.7 Å². The standard InChI is InChI=1S/C30H31N5O4S/c1-15-12-17(39-16-6-4-3-5-7-16)8-9-18(15)30(33)19-10-11-20(31)26-23(19)24(25(32)28(30)36)27(40-26)29(37)35-21-13-34-14-22(21)38-2/h3-12,21-22,25,34H,13-14,31-33H2,1-2H3,(H,35,37)/t21-,22-,25?,30?/m0/s1. The average Bonchev–Trinajstić information content (AvgIpc) is 3.57.